The van der Waals surface area contributed by atoms with Gasteiger partial charge in [-0.2, -0.15) is 13.2 Å². The van der Waals surface area contributed by atoms with Gasteiger partial charge in [0.2, 0.25) is 0 Å². The van der Waals surface area contributed by atoms with Gasteiger partial charge >= 0.3 is 6.18 Å². The zero-order valence-corrected chi connectivity index (χ0v) is 9.67. The number of halogens is 3. The van der Waals surface area contributed by atoms with E-state index in [0.29, 0.717) is 0 Å². The maximum atomic E-state index is 12.6. The Morgan fingerprint density at radius 1 is 1.41 bits per heavy atom. The van der Waals surface area contributed by atoms with Crippen LogP contribution >= 0.6 is 0 Å². The molecule has 0 aromatic carbocycles. The molecule has 0 spiro atoms. The van der Waals surface area contributed by atoms with Crippen LogP contribution in [0.4, 0.5) is 13.2 Å². The van der Waals surface area contributed by atoms with Crippen molar-refractivity contribution in [1.29, 1.82) is 0 Å². The third kappa shape index (κ3) is 3.33. The van der Waals surface area contributed by atoms with E-state index >= 15 is 0 Å². The summed E-state index contributed by atoms with van der Waals surface area (Å²) in [4.78, 5) is 11.7. The van der Waals surface area contributed by atoms with Crippen LogP contribution in [0.25, 0.3) is 0 Å². The Balaban J connectivity index is 3.24. The van der Waals surface area contributed by atoms with Gasteiger partial charge in [0.1, 0.15) is 0 Å². The minimum atomic E-state index is -4.44. The van der Waals surface area contributed by atoms with Crippen molar-refractivity contribution in [2.24, 2.45) is 0 Å². The van der Waals surface area contributed by atoms with E-state index in [-0.39, 0.29) is 25.1 Å². The van der Waals surface area contributed by atoms with Gasteiger partial charge in [-0.05, 0) is 12.5 Å². The quantitative estimate of drug-likeness (QED) is 0.818. The van der Waals surface area contributed by atoms with Crippen molar-refractivity contribution >= 4 is 0 Å². The summed E-state index contributed by atoms with van der Waals surface area (Å²) in [6, 6.07) is 0.908. The van der Waals surface area contributed by atoms with Gasteiger partial charge in [-0.25, -0.2) is 0 Å². The lowest BCUT2D eigenvalue weighted by Gasteiger charge is -2.12. The van der Waals surface area contributed by atoms with E-state index in [4.69, 9.17) is 4.74 Å². The Morgan fingerprint density at radius 2 is 2.06 bits per heavy atom. The molecule has 0 aliphatic rings. The second-order valence-electron chi connectivity index (χ2n) is 3.60. The van der Waals surface area contributed by atoms with E-state index in [1.165, 1.54) is 7.11 Å². The molecular weight excluding hydrogens is 235 g/mol. The molecule has 0 bridgehead atoms. The molecule has 0 N–H and O–H groups in total. The van der Waals surface area contributed by atoms with Crippen LogP contribution in [0.15, 0.2) is 17.1 Å². The summed E-state index contributed by atoms with van der Waals surface area (Å²) in [5.74, 6) is 0. The number of nitrogens with zero attached hydrogens (tertiary/aromatic N) is 1. The maximum Gasteiger partial charge on any atom is 0.417 e. The normalized spacial score (nSPS) is 11.8. The fourth-order valence-corrected chi connectivity index (χ4v) is 1.46. The first kappa shape index (κ1) is 13.8. The van der Waals surface area contributed by atoms with Gasteiger partial charge in [0.15, 0.2) is 0 Å². The van der Waals surface area contributed by atoms with Gasteiger partial charge in [-0.1, -0.05) is 6.92 Å². The summed E-state index contributed by atoms with van der Waals surface area (Å²) in [6.45, 7) is 1.97. The van der Waals surface area contributed by atoms with E-state index in [1.807, 2.05) is 0 Å². The number of hydrogen-bond donors (Lipinski definition) is 0. The predicted octanol–water partition coefficient (Wildman–Crippen LogP) is 2.08. The minimum absolute atomic E-state index is 0.117. The molecule has 1 rings (SSSR count). The summed E-state index contributed by atoms with van der Waals surface area (Å²) in [5, 5.41) is 0. The van der Waals surface area contributed by atoms with E-state index in [1.54, 1.807) is 6.92 Å². The number of hydrogen-bond acceptors (Lipinski definition) is 2. The smallest absolute Gasteiger partial charge is 0.383 e. The van der Waals surface area contributed by atoms with Crippen molar-refractivity contribution in [3.8, 4) is 0 Å². The van der Waals surface area contributed by atoms with Crippen molar-refractivity contribution in [2.45, 2.75) is 26.1 Å². The van der Waals surface area contributed by atoms with Crippen molar-refractivity contribution in [3.05, 3.63) is 33.7 Å². The van der Waals surface area contributed by atoms with Crippen LogP contribution in [0.5, 0.6) is 0 Å². The second-order valence-corrected chi connectivity index (χ2v) is 3.60. The number of alkyl halides is 3. The third-order valence-corrected chi connectivity index (χ3v) is 2.40. The highest BCUT2D eigenvalue weighted by Crippen LogP contribution is 2.28. The zero-order chi connectivity index (χ0) is 13.1. The summed E-state index contributed by atoms with van der Waals surface area (Å²) < 4.78 is 43.6. The number of aryl methyl sites for hydroxylation is 1. The summed E-state index contributed by atoms with van der Waals surface area (Å²) in [7, 11) is 1.43. The first-order chi connectivity index (χ1) is 7.90. The standard InChI is InChI=1S/C11H14F3NO2/c1-3-8-6-9(11(12,13)14)7-15(10(8)16)4-5-17-2/h6-7H,3-5H2,1-2H3. The van der Waals surface area contributed by atoms with Crippen LogP contribution in [0, 0.1) is 0 Å². The van der Waals surface area contributed by atoms with E-state index < -0.39 is 17.3 Å². The number of aromatic nitrogens is 1. The van der Waals surface area contributed by atoms with Gasteiger partial charge < -0.3 is 9.30 Å². The van der Waals surface area contributed by atoms with Crippen LogP contribution in [-0.4, -0.2) is 18.3 Å². The monoisotopic (exact) mass is 249 g/mol. The number of methoxy groups -OCH3 is 1. The van der Waals surface area contributed by atoms with Crippen molar-refractivity contribution in [1.82, 2.24) is 4.57 Å². The molecule has 0 aliphatic carbocycles. The SMILES string of the molecule is CCc1cc(C(F)(F)F)cn(CCOC)c1=O. The minimum Gasteiger partial charge on any atom is -0.383 e. The van der Waals surface area contributed by atoms with Gasteiger partial charge in [0.25, 0.3) is 5.56 Å². The summed E-state index contributed by atoms with van der Waals surface area (Å²) in [5.41, 5.74) is -1.03. The average Bonchev–Trinajstić information content (AvgIpc) is 2.26. The van der Waals surface area contributed by atoms with Crippen LogP contribution in [0.3, 0.4) is 0 Å². The Kier molecular flexibility index (Phi) is 4.34. The summed E-state index contributed by atoms with van der Waals surface area (Å²) >= 11 is 0. The molecule has 0 unspecified atom stereocenters. The van der Waals surface area contributed by atoms with E-state index in [2.05, 4.69) is 0 Å². The molecule has 0 fully saturated rings. The third-order valence-electron chi connectivity index (χ3n) is 2.40. The molecule has 1 aromatic heterocycles. The topological polar surface area (TPSA) is 31.2 Å². The molecule has 1 aromatic rings. The highest BCUT2D eigenvalue weighted by Gasteiger charge is 2.31. The van der Waals surface area contributed by atoms with Gasteiger partial charge in [0.05, 0.1) is 12.2 Å². The Labute approximate surface area is 96.8 Å². The number of ether oxygens (including phenoxy) is 1. The van der Waals surface area contributed by atoms with Gasteiger partial charge in [0, 0.05) is 25.4 Å². The molecule has 0 amide bonds. The highest BCUT2D eigenvalue weighted by molar-refractivity contribution is 5.21. The lowest BCUT2D eigenvalue weighted by Crippen LogP contribution is -2.27. The largest absolute Gasteiger partial charge is 0.417 e. The zero-order valence-electron chi connectivity index (χ0n) is 9.67. The van der Waals surface area contributed by atoms with E-state index in [0.717, 1.165) is 16.8 Å². The molecule has 0 saturated carbocycles. The van der Waals surface area contributed by atoms with Crippen molar-refractivity contribution in [3.63, 3.8) is 0 Å². The molecule has 0 atom stereocenters. The summed E-state index contributed by atoms with van der Waals surface area (Å²) in [6.07, 6.45) is -3.33. The number of pyridine rings is 1. The van der Waals surface area contributed by atoms with Gasteiger partial charge in [-0.15, -0.1) is 0 Å². The van der Waals surface area contributed by atoms with Crippen LogP contribution in [-0.2, 0) is 23.9 Å². The molecule has 1 heterocycles. The predicted molar refractivity (Wildman–Crippen MR) is 57.0 cm³/mol. The first-order valence-electron chi connectivity index (χ1n) is 5.19. The molecule has 0 saturated heterocycles. The second kappa shape index (κ2) is 5.35. The number of rotatable bonds is 4. The Bertz CT molecular complexity index is 437. The molecule has 6 heteroatoms. The Morgan fingerprint density at radius 3 is 2.53 bits per heavy atom. The molecule has 17 heavy (non-hydrogen) atoms. The van der Waals surface area contributed by atoms with Crippen LogP contribution in [0.2, 0.25) is 0 Å². The lowest BCUT2D eigenvalue weighted by atomic mass is 10.1. The van der Waals surface area contributed by atoms with Gasteiger partial charge in [-0.3, -0.25) is 4.79 Å². The van der Waals surface area contributed by atoms with Crippen molar-refractivity contribution < 1.29 is 17.9 Å². The molecule has 0 aliphatic heterocycles. The first-order valence-corrected chi connectivity index (χ1v) is 5.19. The molecule has 96 valence electrons. The van der Waals surface area contributed by atoms with E-state index in [9.17, 15) is 18.0 Å². The van der Waals surface area contributed by atoms with Crippen LogP contribution in [0.1, 0.15) is 18.1 Å². The lowest BCUT2D eigenvalue weighted by molar-refractivity contribution is -0.138. The maximum absolute atomic E-state index is 12.6. The molecular formula is C11H14F3NO2. The average molecular weight is 249 g/mol. The highest BCUT2D eigenvalue weighted by atomic mass is 19.4. The molecule has 0 radical (unpaired) electrons. The Hall–Kier alpha value is -1.30. The van der Waals surface area contributed by atoms with Crippen LogP contribution < -0.4 is 5.56 Å². The fraction of sp³-hybridized carbons (Fsp3) is 0.545. The fourth-order valence-electron chi connectivity index (χ4n) is 1.46. The molecule has 3 nitrogen and oxygen atoms in total. The van der Waals surface area contributed by atoms with Crippen molar-refractivity contribution in [2.75, 3.05) is 13.7 Å².